The highest BCUT2D eigenvalue weighted by atomic mass is 79.9. The molecule has 0 bridgehead atoms. The van der Waals surface area contributed by atoms with E-state index in [9.17, 15) is 48.6 Å². The molecule has 5 aliphatic carbocycles. The molecule has 10 aromatic rings. The molecule has 5 amide bonds. The molecule has 0 atom stereocenters. The molecule has 8 aliphatic rings. The van der Waals surface area contributed by atoms with Gasteiger partial charge in [0.25, 0.3) is 11.8 Å². The number of methoxy groups -OCH3 is 6. The Morgan fingerprint density at radius 2 is 0.613 bits per heavy atom. The number of halogens is 2. The number of phenols is 2. The second-order valence-electron chi connectivity index (χ2n) is 41.3. The Bertz CT molecular complexity index is 6350. The van der Waals surface area contributed by atoms with E-state index in [-0.39, 0.29) is 68.2 Å². The molecule has 0 saturated heterocycles. The highest BCUT2D eigenvalue weighted by Crippen LogP contribution is 2.41. The van der Waals surface area contributed by atoms with Gasteiger partial charge in [0.2, 0.25) is 23.0 Å². The van der Waals surface area contributed by atoms with Gasteiger partial charge in [-0.1, -0.05) is 110 Å². The molecule has 3 heterocycles. The number of carbonyl (C=O) groups is 8. The third-order valence-electron chi connectivity index (χ3n) is 28.4. The lowest BCUT2D eigenvalue weighted by Crippen LogP contribution is -2.29. The van der Waals surface area contributed by atoms with Crippen molar-refractivity contribution in [1.82, 2.24) is 0 Å². The minimum atomic E-state index is -1.06. The number of anilines is 5. The standard InChI is InChI=1S/C23H29NO2.C22H27NO2.C14H16N2O2.C13H16BrNO2.C13H17NO2.C13H16O3.C12H14O3.C12H16O.C2H3ClO/c1-23(2,3)18-10-12-19(13-11-18)24-22(25)20-14-16-8-6-5-7-9-17(16)15-21(20)26-4;1-22(2,3)17-9-11-18(12-10-17)23-21(25)19-13-15-7-5-4-6-8-16(15)14-20(19)24;1-10(17)16-6-4-3-5-11-7-12(9-15)14(18-2)8-13(11)16;1-9(16)15-6-4-3-5-10-7-11(14)13(17-2)8-12(10)15;1-10(15)14-8-4-3-5-11-6-7-12(16-2)9-13(11)14;1-16-12-8-10-6-4-2-3-5-9(10)7-11(12)13(14)15;13-11-7-9-5-3-1-2-4-8(9)6-10(11)12(14)15;1-13-12-8-7-10-5-3-2-4-6-11(10)9-12;1-2(3)4/h10-15H,5-9H2,1-4H3,(H,24,25);9-14,24H,4-8H2,1-3H3,(H,23,25);7-8H,3-6H2,1-2H3;7-8H,3-6H2,1-2H3;6-7,9H,3-5,8H2,1-2H3;7-8H,2-6H2,1H3,(H,14,15);6-7,13H,1-5H2,(H,14,15);7-9H,2-6H2,1H3;1H3. The summed E-state index contributed by atoms with van der Waals surface area (Å²) in [7, 11) is 9.71. The molecule has 150 heavy (non-hydrogen) atoms. The lowest BCUT2D eigenvalue weighted by molar-refractivity contribution is -0.117. The number of nitriles is 1. The monoisotopic (exact) mass is 2130 g/mol. The van der Waals surface area contributed by atoms with Crippen LogP contribution in [-0.2, 0) is 113 Å². The van der Waals surface area contributed by atoms with Gasteiger partial charge in [-0.15, -0.1) is 0 Å². The summed E-state index contributed by atoms with van der Waals surface area (Å²) in [5.74, 6) is 2.12. The number of benzene rings is 10. The summed E-state index contributed by atoms with van der Waals surface area (Å²) >= 11 is 8.13. The lowest BCUT2D eigenvalue weighted by Gasteiger charge is -2.22. The number of rotatable bonds is 12. The number of aryl methyl sites for hydroxylation is 13. The first-order valence-corrected chi connectivity index (χ1v) is 54.2. The maximum absolute atomic E-state index is 12.9. The number of carboxylic acids is 2. The number of carbonyl (C=O) groups excluding carboxylic acids is 6. The topological polar surface area (TPSA) is 330 Å². The van der Waals surface area contributed by atoms with Gasteiger partial charge in [0.1, 0.15) is 63.2 Å². The van der Waals surface area contributed by atoms with E-state index < -0.39 is 11.9 Å². The first-order valence-electron chi connectivity index (χ1n) is 53.0. The van der Waals surface area contributed by atoms with Gasteiger partial charge < -0.3 is 74.2 Å². The van der Waals surface area contributed by atoms with Crippen LogP contribution in [0.2, 0.25) is 0 Å². The fourth-order valence-electron chi connectivity index (χ4n) is 20.1. The number of aromatic carboxylic acids is 2. The average molecular weight is 2130 g/mol. The number of fused-ring (bicyclic) bond motifs is 8. The predicted octanol–water partition coefficient (Wildman–Crippen LogP) is 27.3. The number of phenolic OH excluding ortho intramolecular Hbond substituents is 1. The van der Waals surface area contributed by atoms with Crippen LogP contribution in [0.5, 0.6) is 46.0 Å². The van der Waals surface area contributed by atoms with E-state index in [0.29, 0.717) is 33.9 Å². The van der Waals surface area contributed by atoms with E-state index in [1.807, 2.05) is 88.7 Å². The summed E-state index contributed by atoms with van der Waals surface area (Å²) in [5.41, 5.74) is 25.1. The number of hydrogen-bond donors (Lipinski definition) is 6. The quantitative estimate of drug-likeness (QED) is 0.0489. The third-order valence-corrected chi connectivity index (χ3v) is 29.1. The van der Waals surface area contributed by atoms with Gasteiger partial charge in [0, 0.05) is 76.9 Å². The van der Waals surface area contributed by atoms with Crippen LogP contribution in [0.15, 0.2) is 162 Å². The number of aromatic hydroxyl groups is 2. The van der Waals surface area contributed by atoms with Crippen LogP contribution in [0.25, 0.3) is 0 Å². The summed E-state index contributed by atoms with van der Waals surface area (Å²) in [6.45, 7) is 21.5. The van der Waals surface area contributed by atoms with Crippen LogP contribution < -0.4 is 53.8 Å². The van der Waals surface area contributed by atoms with E-state index >= 15 is 0 Å². The van der Waals surface area contributed by atoms with E-state index in [2.05, 4.69) is 134 Å². The molecule has 18 rings (SSSR count). The van der Waals surface area contributed by atoms with E-state index in [4.69, 9.17) is 43.9 Å². The normalized spacial score (nSPS) is 14.7. The Labute approximate surface area is 900 Å². The second-order valence-corrected chi connectivity index (χ2v) is 42.7. The molecular weight excluding hydrogens is 1980 g/mol. The van der Waals surface area contributed by atoms with Gasteiger partial charge >= 0.3 is 11.9 Å². The van der Waals surface area contributed by atoms with Crippen LogP contribution in [0.1, 0.15) is 335 Å². The number of hydrogen-bond acceptors (Lipinski definition) is 17. The van der Waals surface area contributed by atoms with Crippen molar-refractivity contribution in [3.05, 3.63) is 273 Å². The minimum Gasteiger partial charge on any atom is -0.507 e. The smallest absolute Gasteiger partial charge is 0.339 e. The molecule has 6 N–H and O–H groups in total. The molecule has 0 aromatic heterocycles. The van der Waals surface area contributed by atoms with Crippen LogP contribution in [-0.4, -0.2) is 129 Å². The number of nitrogens with zero attached hydrogens (tertiary/aromatic N) is 4. The SMILES string of the molecule is CC(=O)Cl.CC(C)(C)c1ccc(NC(=O)c2cc3c(cc2O)CCCCC3)cc1.COc1cc2c(cc1Br)CCCCN2C(C)=O.COc1cc2c(cc1C#N)CCCCN2C(C)=O.COc1cc2c(cc1C(=O)Nc1ccc(C(C)(C)C)cc1)CCCCC2.COc1cc2c(cc1C(=O)O)CCCCC2.COc1ccc2c(c1)CCCCC2.COc1ccc2c(c1)N(C(C)=O)CCCC2.O=C(O)c1cc2c(cc1O)CCCCC2. The Hall–Kier alpha value is -13.2. The zero-order chi connectivity index (χ0) is 109. The van der Waals surface area contributed by atoms with E-state index in [0.717, 1.165) is 228 Å². The average Bonchev–Trinajstić information content (AvgIpc) is 1.60. The van der Waals surface area contributed by atoms with Crippen LogP contribution in [0.3, 0.4) is 0 Å². The molecule has 0 fully saturated rings. The number of ether oxygens (including phenoxy) is 6. The number of nitrogens with one attached hydrogen (secondary N) is 2. The van der Waals surface area contributed by atoms with Crippen molar-refractivity contribution in [2.24, 2.45) is 0 Å². The summed E-state index contributed by atoms with van der Waals surface area (Å²) in [6.07, 6.45) is 38.0. The van der Waals surface area contributed by atoms with Crippen LogP contribution in [0, 0.1) is 11.3 Å². The molecule has 3 aliphatic heterocycles. The van der Waals surface area contributed by atoms with Crippen molar-refractivity contribution in [3.63, 3.8) is 0 Å². The molecular formula is C124H154BrClN6O18. The first kappa shape index (κ1) is 119. The fraction of sp³-hybridized carbons (Fsp3) is 0.444. The van der Waals surface area contributed by atoms with Crippen LogP contribution in [0.4, 0.5) is 28.4 Å². The fourth-order valence-corrected chi connectivity index (χ4v) is 20.6. The molecule has 0 radical (unpaired) electrons. The Morgan fingerprint density at radius 3 is 0.987 bits per heavy atom. The highest BCUT2D eigenvalue weighted by Gasteiger charge is 2.29. The molecule has 26 heteroatoms. The van der Waals surface area contributed by atoms with Gasteiger partial charge in [-0.3, -0.25) is 28.8 Å². The van der Waals surface area contributed by atoms with Crippen molar-refractivity contribution >= 4 is 103 Å². The molecule has 10 aromatic carbocycles. The third kappa shape index (κ3) is 34.7. The molecule has 0 saturated carbocycles. The molecule has 0 spiro atoms. The predicted molar refractivity (Wildman–Crippen MR) is 602 cm³/mol. The number of carboxylic acid groups (broad SMARTS) is 2. The van der Waals surface area contributed by atoms with E-state index in [1.165, 1.54) is 165 Å². The maximum Gasteiger partial charge on any atom is 0.339 e. The zero-order valence-corrected chi connectivity index (χ0v) is 93.1. The lowest BCUT2D eigenvalue weighted by atomic mass is 9.87. The van der Waals surface area contributed by atoms with Gasteiger partial charge in [0.05, 0.1) is 80.9 Å². The van der Waals surface area contributed by atoms with Crippen LogP contribution >= 0.6 is 27.5 Å². The number of amides is 5. The molecule has 0 unspecified atom stereocenters. The Kier molecular flexibility index (Phi) is 46.1. The Balaban J connectivity index is 0.000000176. The summed E-state index contributed by atoms with van der Waals surface area (Å²) in [5, 5.41) is 52.5. The van der Waals surface area contributed by atoms with Gasteiger partial charge in [-0.25, -0.2) is 9.59 Å². The van der Waals surface area contributed by atoms with Crippen molar-refractivity contribution in [2.45, 2.75) is 298 Å². The highest BCUT2D eigenvalue weighted by molar-refractivity contribution is 9.10. The summed E-state index contributed by atoms with van der Waals surface area (Å²) in [4.78, 5) is 97.0. The molecule has 24 nitrogen and oxygen atoms in total. The molecule has 802 valence electrons. The Morgan fingerprint density at radius 1 is 0.320 bits per heavy atom. The van der Waals surface area contributed by atoms with E-state index in [1.54, 1.807) is 84.4 Å². The van der Waals surface area contributed by atoms with Gasteiger partial charge in [-0.2, -0.15) is 5.26 Å². The zero-order valence-electron chi connectivity index (χ0n) is 90.7. The first-order chi connectivity index (χ1) is 71.8. The largest absolute Gasteiger partial charge is 0.507 e. The maximum atomic E-state index is 12.9. The summed E-state index contributed by atoms with van der Waals surface area (Å²) in [6, 6.07) is 52.9. The van der Waals surface area contributed by atoms with Gasteiger partial charge in [0.15, 0.2) is 0 Å². The van der Waals surface area contributed by atoms with Crippen molar-refractivity contribution < 1.29 is 87.2 Å². The summed E-state index contributed by atoms with van der Waals surface area (Å²) < 4.78 is 32.5. The van der Waals surface area contributed by atoms with Gasteiger partial charge in [-0.05, 0) is 411 Å². The van der Waals surface area contributed by atoms with Crippen molar-refractivity contribution in [2.75, 3.05) is 87.6 Å². The minimum absolute atomic E-state index is 0.0238. The van der Waals surface area contributed by atoms with Crippen molar-refractivity contribution in [3.8, 4) is 52.1 Å². The van der Waals surface area contributed by atoms with Crippen molar-refractivity contribution in [1.29, 1.82) is 5.26 Å². The second kappa shape index (κ2) is 58.3.